The van der Waals surface area contributed by atoms with E-state index in [1.165, 1.54) is 4.52 Å². The first-order valence-electron chi connectivity index (χ1n) is 8.11. The van der Waals surface area contributed by atoms with E-state index in [1.54, 1.807) is 25.1 Å². The van der Waals surface area contributed by atoms with Crippen LogP contribution in [0, 0.1) is 6.92 Å². The molecule has 0 aromatic carbocycles. The summed E-state index contributed by atoms with van der Waals surface area (Å²) in [6.07, 6.45) is -0.321. The Labute approximate surface area is 145 Å². The molecular weight excluding hydrogens is 384 g/mol. The third-order valence-electron chi connectivity index (χ3n) is 4.01. The number of nitrogens with zero attached hydrogens (tertiary/aromatic N) is 3. The van der Waals surface area contributed by atoms with Gasteiger partial charge in [-0.1, -0.05) is 13.8 Å². The molecule has 1 saturated heterocycles. The van der Waals surface area contributed by atoms with Crippen LogP contribution in [0.25, 0.3) is 5.52 Å². The number of halogens is 3. The molecule has 8 heteroatoms. The van der Waals surface area contributed by atoms with Crippen LogP contribution >= 0.6 is 0 Å². The quantitative estimate of drug-likeness (QED) is 0.793. The molecule has 3 rings (SSSR count). The summed E-state index contributed by atoms with van der Waals surface area (Å²) in [6, 6.07) is 4.77. The Hall–Kier alpha value is -1.24. The number of hydrogen-bond donors (Lipinski definition) is 1. The number of aryl methyl sites for hydroxylation is 1. The zero-order valence-electron chi connectivity index (χ0n) is 14.4. The van der Waals surface area contributed by atoms with Gasteiger partial charge in [0.15, 0.2) is 0 Å². The molecule has 0 saturated carbocycles. The van der Waals surface area contributed by atoms with Gasteiger partial charge in [0, 0.05) is 0 Å². The second-order valence-electron chi connectivity index (χ2n) is 5.65. The number of rotatable bonds is 3. The van der Waals surface area contributed by atoms with Gasteiger partial charge in [0.25, 0.3) is 0 Å². The number of hydrogen-bond acceptors (Lipinski definition) is 3. The van der Waals surface area contributed by atoms with E-state index < -0.39 is 21.0 Å². The number of piperidine rings is 1. The average Bonchev–Trinajstić information content (AvgIpc) is 2.89. The van der Waals surface area contributed by atoms with Gasteiger partial charge >= 0.3 is 132 Å². The SMILES string of the molecule is CC.Cc1nn2c(NC3CCN(C)CC3F)cccc2c1[Se](F)F. The van der Waals surface area contributed by atoms with Crippen LogP contribution in [0.15, 0.2) is 18.2 Å². The molecule has 0 bridgehead atoms. The molecule has 24 heavy (non-hydrogen) atoms. The molecule has 135 valence electrons. The number of fused-ring (bicyclic) bond motifs is 1. The van der Waals surface area contributed by atoms with Gasteiger partial charge in [-0.05, 0) is 0 Å². The van der Waals surface area contributed by atoms with Crippen molar-refractivity contribution in [2.24, 2.45) is 0 Å². The summed E-state index contributed by atoms with van der Waals surface area (Å²) in [6.45, 7) is 6.77. The monoisotopic (exact) mass is 409 g/mol. The molecule has 0 amide bonds. The first-order valence-corrected chi connectivity index (χ1v) is 10.3. The predicted molar refractivity (Wildman–Crippen MR) is 93.3 cm³/mol. The molecule has 2 unspecified atom stereocenters. The van der Waals surface area contributed by atoms with Crippen LogP contribution in [-0.4, -0.2) is 61.7 Å². The molecular formula is C16H24F3N4Se. The van der Waals surface area contributed by atoms with Crippen molar-refractivity contribution in [3.05, 3.63) is 23.9 Å². The summed E-state index contributed by atoms with van der Waals surface area (Å²) >= 11 is -3.81. The Morgan fingerprint density at radius 3 is 2.62 bits per heavy atom. The maximum absolute atomic E-state index is 14.1. The van der Waals surface area contributed by atoms with Crippen LogP contribution in [0.3, 0.4) is 0 Å². The van der Waals surface area contributed by atoms with Crippen molar-refractivity contribution < 1.29 is 11.5 Å². The van der Waals surface area contributed by atoms with Gasteiger partial charge in [-0.25, -0.2) is 0 Å². The molecule has 4 nitrogen and oxygen atoms in total. The topological polar surface area (TPSA) is 32.6 Å². The van der Waals surface area contributed by atoms with Crippen molar-refractivity contribution in [3.63, 3.8) is 0 Å². The summed E-state index contributed by atoms with van der Waals surface area (Å²) in [7, 11) is 1.89. The van der Waals surface area contributed by atoms with Gasteiger partial charge in [0.1, 0.15) is 0 Å². The Balaban J connectivity index is 0.00000100. The number of alkyl halides is 1. The van der Waals surface area contributed by atoms with Crippen molar-refractivity contribution in [2.75, 3.05) is 25.5 Å². The van der Waals surface area contributed by atoms with Gasteiger partial charge in [0.2, 0.25) is 0 Å². The summed E-state index contributed by atoms with van der Waals surface area (Å²) in [4.78, 5) is 1.95. The average molecular weight is 408 g/mol. The maximum atomic E-state index is 14.1. The Morgan fingerprint density at radius 2 is 2.00 bits per heavy atom. The number of nitrogens with one attached hydrogen (secondary N) is 1. The van der Waals surface area contributed by atoms with E-state index in [4.69, 9.17) is 0 Å². The van der Waals surface area contributed by atoms with E-state index in [0.29, 0.717) is 30.0 Å². The van der Waals surface area contributed by atoms with Crippen molar-refractivity contribution in [3.8, 4) is 0 Å². The molecule has 2 atom stereocenters. The fraction of sp³-hybridized carbons (Fsp3) is 0.562. The van der Waals surface area contributed by atoms with Crippen molar-refractivity contribution in [1.29, 1.82) is 0 Å². The Kier molecular flexibility index (Phi) is 6.54. The van der Waals surface area contributed by atoms with Crippen LogP contribution in [0.2, 0.25) is 0 Å². The minimum absolute atomic E-state index is 0.0591. The van der Waals surface area contributed by atoms with E-state index in [2.05, 4.69) is 10.4 Å². The van der Waals surface area contributed by atoms with Crippen LogP contribution in [0.1, 0.15) is 26.0 Å². The molecule has 1 fully saturated rings. The molecule has 0 spiro atoms. The number of anilines is 1. The molecule has 2 aromatic heterocycles. The zero-order valence-corrected chi connectivity index (χ0v) is 16.1. The molecule has 3 heterocycles. The molecule has 1 N–H and O–H groups in total. The van der Waals surface area contributed by atoms with E-state index in [1.807, 2.05) is 25.8 Å². The van der Waals surface area contributed by atoms with Crippen molar-refractivity contribution in [2.45, 2.75) is 39.4 Å². The molecule has 2 aromatic rings. The van der Waals surface area contributed by atoms with E-state index in [-0.39, 0.29) is 10.5 Å². The van der Waals surface area contributed by atoms with E-state index >= 15 is 0 Å². The van der Waals surface area contributed by atoms with Crippen LogP contribution in [0.4, 0.5) is 17.3 Å². The van der Waals surface area contributed by atoms with E-state index in [9.17, 15) is 11.5 Å². The Bertz CT molecular complexity index is 677. The third kappa shape index (κ3) is 3.87. The summed E-state index contributed by atoms with van der Waals surface area (Å²) in [5.41, 5.74) is 0.769. The first kappa shape index (κ1) is 19.1. The fourth-order valence-corrected chi connectivity index (χ4v) is 4.08. The van der Waals surface area contributed by atoms with Gasteiger partial charge in [-0.3, -0.25) is 0 Å². The first-order chi connectivity index (χ1) is 11.5. The van der Waals surface area contributed by atoms with Crippen molar-refractivity contribution >= 4 is 30.6 Å². The normalized spacial score (nSPS) is 21.7. The van der Waals surface area contributed by atoms with Crippen LogP contribution in [-0.2, 0) is 0 Å². The second-order valence-corrected chi connectivity index (χ2v) is 7.40. The fourth-order valence-electron chi connectivity index (χ4n) is 2.87. The Morgan fingerprint density at radius 1 is 1.29 bits per heavy atom. The van der Waals surface area contributed by atoms with Crippen molar-refractivity contribution in [1.82, 2.24) is 14.5 Å². The molecule has 0 aliphatic carbocycles. The molecule has 1 radical (unpaired) electrons. The number of likely N-dealkylation sites (tertiary alicyclic amines) is 1. The zero-order chi connectivity index (χ0) is 17.9. The third-order valence-corrected chi connectivity index (χ3v) is 5.71. The van der Waals surface area contributed by atoms with Gasteiger partial charge in [0.05, 0.1) is 0 Å². The van der Waals surface area contributed by atoms with Crippen LogP contribution < -0.4 is 9.78 Å². The predicted octanol–water partition coefficient (Wildman–Crippen LogP) is 2.76. The van der Waals surface area contributed by atoms with Crippen LogP contribution in [0.5, 0.6) is 0 Å². The number of pyridine rings is 1. The summed E-state index contributed by atoms with van der Waals surface area (Å²) in [5, 5.41) is 7.35. The summed E-state index contributed by atoms with van der Waals surface area (Å²) in [5.74, 6) is 0.566. The second kappa shape index (κ2) is 8.23. The van der Waals surface area contributed by atoms with E-state index in [0.717, 1.165) is 6.54 Å². The summed E-state index contributed by atoms with van der Waals surface area (Å²) < 4.78 is 42.2. The molecule has 1 aliphatic heterocycles. The standard InChI is InChI=1S/C14H18F3N4Se.C2H6/c1-9-14(22(16)17)12-4-3-5-13(21(12)19-9)18-11-6-7-20(2)8-10(11)15;1-2/h3-5,10-11,18H,6-8H2,1-2H3;1-2H3. The van der Waals surface area contributed by atoms with Gasteiger partial charge < -0.3 is 0 Å². The number of aromatic nitrogens is 2. The molecule has 1 aliphatic rings. The van der Waals surface area contributed by atoms with Gasteiger partial charge in [-0.2, -0.15) is 0 Å². The van der Waals surface area contributed by atoms with Gasteiger partial charge in [-0.15, -0.1) is 0 Å². The minimum atomic E-state index is -3.81.